The number of hydrogen-bond donors (Lipinski definition) is 1. The topological polar surface area (TPSA) is 96.0 Å². The third kappa shape index (κ3) is 8.33. The van der Waals surface area contributed by atoms with Crippen molar-refractivity contribution in [1.29, 1.82) is 0 Å². The van der Waals surface area contributed by atoms with E-state index in [1.165, 1.54) is 17.0 Å². The summed E-state index contributed by atoms with van der Waals surface area (Å²) in [6.45, 7) is 9.95. The molecule has 1 N–H and O–H groups in total. The lowest BCUT2D eigenvalue weighted by atomic mass is 10.1. The molecule has 1 unspecified atom stereocenters. The van der Waals surface area contributed by atoms with Crippen LogP contribution in [0.25, 0.3) is 0 Å². The van der Waals surface area contributed by atoms with Crippen molar-refractivity contribution in [3.8, 4) is 5.75 Å². The number of sulfonamides is 1. The highest BCUT2D eigenvalue weighted by atomic mass is 32.2. The van der Waals surface area contributed by atoms with E-state index in [9.17, 15) is 18.0 Å². The van der Waals surface area contributed by atoms with Crippen LogP contribution < -0.4 is 14.4 Å². The van der Waals surface area contributed by atoms with Crippen LogP contribution in [0.3, 0.4) is 0 Å². The molecule has 0 radical (unpaired) electrons. The maximum absolute atomic E-state index is 14.2. The Kier molecular flexibility index (Phi) is 11.3. The summed E-state index contributed by atoms with van der Waals surface area (Å²) in [5.74, 6) is -0.190. The summed E-state index contributed by atoms with van der Waals surface area (Å²) in [6, 6.07) is 21.8. The number of rotatable bonds is 14. The zero-order chi connectivity index (χ0) is 30.0. The van der Waals surface area contributed by atoms with Crippen LogP contribution in [0.4, 0.5) is 5.69 Å². The number of anilines is 1. The molecule has 3 aromatic rings. The molecule has 0 saturated heterocycles. The van der Waals surface area contributed by atoms with Gasteiger partial charge in [-0.2, -0.15) is 0 Å². The highest BCUT2D eigenvalue weighted by Crippen LogP contribution is 2.33. The van der Waals surface area contributed by atoms with Crippen molar-refractivity contribution >= 4 is 27.5 Å². The lowest BCUT2D eigenvalue weighted by Crippen LogP contribution is -2.52. The molecular weight excluding hydrogens is 538 g/mol. The van der Waals surface area contributed by atoms with Gasteiger partial charge in [0.25, 0.3) is 10.0 Å². The van der Waals surface area contributed by atoms with E-state index in [1.807, 2.05) is 65.0 Å². The maximum atomic E-state index is 14.2. The minimum absolute atomic E-state index is 0.0542. The molecule has 9 heteroatoms. The summed E-state index contributed by atoms with van der Waals surface area (Å²) in [4.78, 5) is 29.0. The summed E-state index contributed by atoms with van der Waals surface area (Å²) in [6.07, 6.45) is 0.364. The van der Waals surface area contributed by atoms with Gasteiger partial charge in [0, 0.05) is 13.1 Å². The van der Waals surface area contributed by atoms with Gasteiger partial charge in [-0.1, -0.05) is 80.9 Å². The Hall–Kier alpha value is -3.85. The number of amides is 2. The molecule has 0 heterocycles. The van der Waals surface area contributed by atoms with Gasteiger partial charge >= 0.3 is 0 Å². The summed E-state index contributed by atoms with van der Waals surface area (Å²) >= 11 is 0. The summed E-state index contributed by atoms with van der Waals surface area (Å²) in [7, 11) is -4.18. The monoisotopic (exact) mass is 579 g/mol. The van der Waals surface area contributed by atoms with Crippen LogP contribution in [0.1, 0.15) is 45.2 Å². The number of aryl methyl sites for hydroxylation is 1. The number of carbonyl (C=O) groups excluding carboxylic acids is 2. The molecule has 0 bridgehead atoms. The molecule has 0 spiro atoms. The zero-order valence-corrected chi connectivity index (χ0v) is 25.4. The zero-order valence-electron chi connectivity index (χ0n) is 24.5. The average Bonchev–Trinajstić information content (AvgIpc) is 2.96. The van der Waals surface area contributed by atoms with Crippen LogP contribution in [-0.2, 0) is 26.2 Å². The SMILES string of the molecule is CCOc1ccccc1N(CC(=O)N(Cc1ccccc1)C(CC)C(=O)NCC(C)C)S(=O)(=O)c1ccc(C)cc1. The van der Waals surface area contributed by atoms with Gasteiger partial charge in [0.2, 0.25) is 11.8 Å². The van der Waals surface area contributed by atoms with E-state index in [2.05, 4.69) is 5.32 Å². The van der Waals surface area contributed by atoms with Gasteiger partial charge in [-0.25, -0.2) is 8.42 Å². The lowest BCUT2D eigenvalue weighted by Gasteiger charge is -2.33. The first-order chi connectivity index (χ1) is 19.6. The van der Waals surface area contributed by atoms with E-state index >= 15 is 0 Å². The second-order valence-corrected chi connectivity index (χ2v) is 12.2. The maximum Gasteiger partial charge on any atom is 0.264 e. The Balaban J connectivity index is 2.08. The van der Waals surface area contributed by atoms with Gasteiger partial charge in [-0.15, -0.1) is 0 Å². The molecule has 41 heavy (non-hydrogen) atoms. The van der Waals surface area contributed by atoms with Crippen LogP contribution in [0.15, 0.2) is 83.8 Å². The summed E-state index contributed by atoms with van der Waals surface area (Å²) in [5.41, 5.74) is 1.99. The van der Waals surface area contributed by atoms with Crippen molar-refractivity contribution in [3.05, 3.63) is 90.0 Å². The fourth-order valence-electron chi connectivity index (χ4n) is 4.41. The predicted molar refractivity (Wildman–Crippen MR) is 162 cm³/mol. The fraction of sp³-hybridized carbons (Fsp3) is 0.375. The minimum atomic E-state index is -4.18. The van der Waals surface area contributed by atoms with Crippen molar-refractivity contribution < 1.29 is 22.7 Å². The normalized spacial score (nSPS) is 12.0. The third-order valence-corrected chi connectivity index (χ3v) is 8.36. The van der Waals surface area contributed by atoms with Gasteiger partial charge < -0.3 is 15.0 Å². The van der Waals surface area contributed by atoms with Crippen molar-refractivity contribution in [2.24, 2.45) is 5.92 Å². The largest absolute Gasteiger partial charge is 0.492 e. The molecule has 2 amide bonds. The van der Waals surface area contributed by atoms with Crippen molar-refractivity contribution in [3.63, 3.8) is 0 Å². The van der Waals surface area contributed by atoms with Crippen LogP contribution in [0, 0.1) is 12.8 Å². The number of benzene rings is 3. The van der Waals surface area contributed by atoms with Crippen LogP contribution in [0.5, 0.6) is 5.75 Å². The van der Waals surface area contributed by atoms with E-state index in [1.54, 1.807) is 36.4 Å². The van der Waals surface area contributed by atoms with E-state index in [0.717, 1.165) is 15.4 Å². The molecule has 3 rings (SSSR count). The number of nitrogens with zero attached hydrogens (tertiary/aromatic N) is 2. The van der Waals surface area contributed by atoms with Crippen LogP contribution in [0.2, 0.25) is 0 Å². The Morgan fingerprint density at radius 3 is 2.15 bits per heavy atom. The molecule has 0 aliphatic rings. The summed E-state index contributed by atoms with van der Waals surface area (Å²) < 4.78 is 35.0. The van der Waals surface area contributed by atoms with Gasteiger partial charge in [0.15, 0.2) is 0 Å². The molecule has 3 aromatic carbocycles. The van der Waals surface area contributed by atoms with E-state index in [0.29, 0.717) is 25.3 Å². The van der Waals surface area contributed by atoms with Gasteiger partial charge in [-0.3, -0.25) is 13.9 Å². The van der Waals surface area contributed by atoms with E-state index in [-0.39, 0.29) is 29.0 Å². The molecule has 0 fully saturated rings. The van der Waals surface area contributed by atoms with Gasteiger partial charge in [0.05, 0.1) is 17.2 Å². The Morgan fingerprint density at radius 1 is 0.902 bits per heavy atom. The molecule has 0 aliphatic carbocycles. The number of nitrogens with one attached hydrogen (secondary N) is 1. The van der Waals surface area contributed by atoms with Crippen LogP contribution >= 0.6 is 0 Å². The van der Waals surface area contributed by atoms with E-state index in [4.69, 9.17) is 4.74 Å². The Bertz CT molecular complexity index is 1390. The third-order valence-electron chi connectivity index (χ3n) is 6.59. The standard InChI is InChI=1S/C32H41N3O5S/c1-6-28(32(37)33-21-24(3)4)34(22-26-13-9-8-10-14-26)31(36)23-35(29-15-11-12-16-30(29)40-7-2)41(38,39)27-19-17-25(5)18-20-27/h8-20,24,28H,6-7,21-23H2,1-5H3,(H,33,37). The highest BCUT2D eigenvalue weighted by molar-refractivity contribution is 7.92. The molecule has 220 valence electrons. The fourth-order valence-corrected chi connectivity index (χ4v) is 5.84. The second kappa shape index (κ2) is 14.7. The quantitative estimate of drug-likeness (QED) is 0.284. The number of para-hydroxylation sites is 2. The molecule has 8 nitrogen and oxygen atoms in total. The van der Waals surface area contributed by atoms with Gasteiger partial charge in [-0.05, 0) is 56.0 Å². The molecule has 0 aliphatic heterocycles. The molecular formula is C32H41N3O5S. The first kappa shape index (κ1) is 31.7. The van der Waals surface area contributed by atoms with Crippen molar-refractivity contribution in [1.82, 2.24) is 10.2 Å². The Morgan fingerprint density at radius 2 is 1.54 bits per heavy atom. The summed E-state index contributed by atoms with van der Waals surface area (Å²) in [5, 5.41) is 2.94. The van der Waals surface area contributed by atoms with Crippen molar-refractivity contribution in [2.75, 3.05) is 24.0 Å². The first-order valence-corrected chi connectivity index (χ1v) is 15.4. The average molecular weight is 580 g/mol. The van der Waals surface area contributed by atoms with Crippen molar-refractivity contribution in [2.45, 2.75) is 58.5 Å². The Labute approximate surface area is 244 Å². The van der Waals surface area contributed by atoms with Crippen LogP contribution in [-0.4, -0.2) is 50.9 Å². The first-order valence-electron chi connectivity index (χ1n) is 14.0. The number of hydrogen-bond acceptors (Lipinski definition) is 5. The van der Waals surface area contributed by atoms with E-state index < -0.39 is 28.5 Å². The lowest BCUT2D eigenvalue weighted by molar-refractivity contribution is -0.140. The second-order valence-electron chi connectivity index (χ2n) is 10.3. The minimum Gasteiger partial charge on any atom is -0.492 e. The molecule has 0 saturated carbocycles. The smallest absolute Gasteiger partial charge is 0.264 e. The molecule has 0 aromatic heterocycles. The predicted octanol–water partition coefficient (Wildman–Crippen LogP) is 5.17. The highest BCUT2D eigenvalue weighted by Gasteiger charge is 2.34. The number of ether oxygens (including phenoxy) is 1. The van der Waals surface area contributed by atoms with Gasteiger partial charge in [0.1, 0.15) is 18.3 Å². The molecule has 1 atom stereocenters. The number of carbonyl (C=O) groups is 2.